The van der Waals surface area contributed by atoms with Gasteiger partial charge >= 0.3 is 17.9 Å². The van der Waals surface area contributed by atoms with Crippen molar-refractivity contribution in [2.45, 2.75) is 62.7 Å². The summed E-state index contributed by atoms with van der Waals surface area (Å²) < 4.78 is 0. The lowest BCUT2D eigenvalue weighted by atomic mass is 10.1. The fourth-order valence-corrected chi connectivity index (χ4v) is 4.47. The number of hydrogen-bond donors (Lipinski definition) is 7. The van der Waals surface area contributed by atoms with E-state index in [9.17, 15) is 43.5 Å². The van der Waals surface area contributed by atoms with E-state index in [2.05, 4.69) is 16.0 Å². The highest BCUT2D eigenvalue weighted by Crippen LogP contribution is 2.19. The van der Waals surface area contributed by atoms with Crippen molar-refractivity contribution in [3.05, 3.63) is 0 Å². The van der Waals surface area contributed by atoms with Crippen LogP contribution in [-0.2, 0) is 38.4 Å². The number of rotatable bonds is 13. The number of hydrogen-bond acceptors (Lipinski definition) is 9. The van der Waals surface area contributed by atoms with E-state index in [-0.39, 0.29) is 26.1 Å². The molecule has 17 nitrogen and oxygen atoms in total. The van der Waals surface area contributed by atoms with Crippen molar-refractivity contribution in [3.8, 4) is 0 Å². The van der Waals surface area contributed by atoms with Gasteiger partial charge in [0.25, 0.3) is 0 Å². The zero-order valence-electron chi connectivity index (χ0n) is 21.0. The van der Waals surface area contributed by atoms with E-state index >= 15 is 0 Å². The highest BCUT2D eigenvalue weighted by molar-refractivity contribution is 5.96. The van der Waals surface area contributed by atoms with E-state index in [0.29, 0.717) is 19.3 Å². The first-order valence-electron chi connectivity index (χ1n) is 12.2. The molecule has 2 rings (SSSR count). The van der Waals surface area contributed by atoms with E-state index < -0.39 is 91.0 Å². The quantitative estimate of drug-likeness (QED) is 0.115. The third kappa shape index (κ3) is 8.62. The van der Waals surface area contributed by atoms with Gasteiger partial charge in [0.15, 0.2) is 0 Å². The zero-order chi connectivity index (χ0) is 29.3. The first-order chi connectivity index (χ1) is 18.3. The van der Waals surface area contributed by atoms with E-state index in [1.165, 1.54) is 4.90 Å². The van der Waals surface area contributed by atoms with Crippen molar-refractivity contribution in [1.82, 2.24) is 25.8 Å². The average molecular weight is 557 g/mol. The van der Waals surface area contributed by atoms with Gasteiger partial charge in [0.1, 0.15) is 24.2 Å². The molecule has 2 saturated heterocycles. The van der Waals surface area contributed by atoms with Crippen LogP contribution >= 0.6 is 0 Å². The summed E-state index contributed by atoms with van der Waals surface area (Å²) in [6.07, 6.45) is -0.313. The van der Waals surface area contributed by atoms with Gasteiger partial charge in [-0.25, -0.2) is 4.79 Å². The summed E-state index contributed by atoms with van der Waals surface area (Å²) >= 11 is 0. The van der Waals surface area contributed by atoms with Crippen molar-refractivity contribution < 1.29 is 53.7 Å². The second-order valence-corrected chi connectivity index (χ2v) is 9.07. The minimum absolute atomic E-state index is 0.103. The largest absolute Gasteiger partial charge is 0.481 e. The number of carbonyl (C=O) groups excluding carboxylic acids is 5. The monoisotopic (exact) mass is 556 g/mol. The smallest absolute Gasteiger partial charge is 0.326 e. The molecular weight excluding hydrogens is 524 g/mol. The van der Waals surface area contributed by atoms with Crippen molar-refractivity contribution in [2.75, 3.05) is 26.2 Å². The normalized spacial score (nSPS) is 20.0. The van der Waals surface area contributed by atoms with Crippen LogP contribution in [0.1, 0.15) is 38.5 Å². The number of nitrogens with two attached hydrogens (primary N) is 1. The minimum atomic E-state index is -1.71. The molecule has 2 heterocycles. The lowest BCUT2D eigenvalue weighted by Crippen LogP contribution is -2.56. The molecule has 0 saturated carbocycles. The molecule has 216 valence electrons. The molecule has 0 unspecified atom stereocenters. The maximum Gasteiger partial charge on any atom is 0.326 e. The molecule has 0 aromatic carbocycles. The van der Waals surface area contributed by atoms with E-state index in [1.807, 2.05) is 0 Å². The molecule has 39 heavy (non-hydrogen) atoms. The molecule has 8 N–H and O–H groups in total. The highest BCUT2D eigenvalue weighted by atomic mass is 16.4. The van der Waals surface area contributed by atoms with Crippen LogP contribution in [0, 0.1) is 0 Å². The zero-order valence-corrected chi connectivity index (χ0v) is 21.0. The first kappa shape index (κ1) is 30.9. The van der Waals surface area contributed by atoms with Gasteiger partial charge in [0, 0.05) is 13.1 Å². The van der Waals surface area contributed by atoms with Crippen molar-refractivity contribution in [2.24, 2.45) is 5.73 Å². The van der Waals surface area contributed by atoms with Crippen molar-refractivity contribution in [1.29, 1.82) is 0 Å². The SMILES string of the molecule is NCC(=O)N1CCC[C@H]1C(=O)N[C@@H](CC(=O)O)C(=O)NCC(=O)N1CCC[C@H]1C(=O)N[C@@H](CC(=O)O)C(=O)O. The molecule has 0 radical (unpaired) electrons. The Morgan fingerprint density at radius 1 is 0.744 bits per heavy atom. The average Bonchev–Trinajstić information content (AvgIpc) is 3.55. The van der Waals surface area contributed by atoms with Crippen molar-refractivity contribution >= 4 is 47.4 Å². The Bertz CT molecular complexity index is 1020. The highest BCUT2D eigenvalue weighted by Gasteiger charge is 2.38. The van der Waals surface area contributed by atoms with Crippen LogP contribution in [0.25, 0.3) is 0 Å². The topological polar surface area (TPSA) is 266 Å². The summed E-state index contributed by atoms with van der Waals surface area (Å²) in [5, 5.41) is 33.8. The predicted molar refractivity (Wildman–Crippen MR) is 128 cm³/mol. The Kier molecular flexibility index (Phi) is 11.1. The van der Waals surface area contributed by atoms with Gasteiger partial charge < -0.3 is 46.8 Å². The predicted octanol–water partition coefficient (Wildman–Crippen LogP) is -3.95. The van der Waals surface area contributed by atoms with Gasteiger partial charge in [-0.2, -0.15) is 0 Å². The van der Waals surface area contributed by atoms with Gasteiger partial charge in [-0.05, 0) is 25.7 Å². The number of aliphatic carboxylic acids is 3. The maximum atomic E-state index is 12.8. The summed E-state index contributed by atoms with van der Waals surface area (Å²) in [5.74, 6) is -8.22. The van der Waals surface area contributed by atoms with Crippen LogP contribution in [0.2, 0.25) is 0 Å². The minimum Gasteiger partial charge on any atom is -0.481 e. The Labute approximate surface area is 222 Å². The molecule has 0 aromatic heterocycles. The third-order valence-corrected chi connectivity index (χ3v) is 6.35. The maximum absolute atomic E-state index is 12.8. The van der Waals surface area contributed by atoms with E-state index in [4.69, 9.17) is 15.9 Å². The molecule has 0 bridgehead atoms. The molecule has 17 heteroatoms. The van der Waals surface area contributed by atoms with Crippen LogP contribution < -0.4 is 21.7 Å². The number of likely N-dealkylation sites (tertiary alicyclic amines) is 2. The van der Waals surface area contributed by atoms with Crippen LogP contribution in [0.15, 0.2) is 0 Å². The molecular formula is C22H32N6O11. The summed E-state index contributed by atoms with van der Waals surface area (Å²) in [7, 11) is 0. The molecule has 2 aliphatic heterocycles. The van der Waals surface area contributed by atoms with Crippen LogP contribution in [0.4, 0.5) is 0 Å². The molecule has 0 spiro atoms. The van der Waals surface area contributed by atoms with Crippen molar-refractivity contribution in [3.63, 3.8) is 0 Å². The number of amides is 5. The summed E-state index contributed by atoms with van der Waals surface area (Å²) in [4.78, 5) is 98.4. The number of carboxylic acids is 3. The van der Waals surface area contributed by atoms with Gasteiger partial charge in [-0.15, -0.1) is 0 Å². The summed E-state index contributed by atoms with van der Waals surface area (Å²) in [6, 6.07) is -5.30. The van der Waals surface area contributed by atoms with Crippen LogP contribution in [0.3, 0.4) is 0 Å². The van der Waals surface area contributed by atoms with Gasteiger partial charge in [-0.1, -0.05) is 0 Å². The lowest BCUT2D eigenvalue weighted by molar-refractivity contribution is -0.148. The first-order valence-corrected chi connectivity index (χ1v) is 12.2. The standard InChI is InChI=1S/C22H32N6O11/c23-9-15(29)27-5-1-3-13(27)20(36)25-11(7-17(31)32)19(35)24-10-16(30)28-6-2-4-14(28)21(37)26-12(22(38)39)8-18(33)34/h11-14H,1-10,23H2,(H,24,35)(H,25,36)(H,26,37)(H,31,32)(H,33,34)(H,38,39)/t11-,12-,13-,14-/m0/s1. The molecule has 0 aliphatic carbocycles. The second-order valence-electron chi connectivity index (χ2n) is 9.07. The summed E-state index contributed by atoms with van der Waals surface area (Å²) in [6.45, 7) is -0.595. The molecule has 2 fully saturated rings. The Morgan fingerprint density at radius 2 is 1.21 bits per heavy atom. The fourth-order valence-electron chi connectivity index (χ4n) is 4.47. The van der Waals surface area contributed by atoms with Gasteiger partial charge in [0.05, 0.1) is 25.9 Å². The number of nitrogens with one attached hydrogen (secondary N) is 3. The molecule has 0 aromatic rings. The summed E-state index contributed by atoms with van der Waals surface area (Å²) in [5.41, 5.74) is 5.36. The number of nitrogens with zero attached hydrogens (tertiary/aromatic N) is 2. The lowest BCUT2D eigenvalue weighted by Gasteiger charge is -2.27. The van der Waals surface area contributed by atoms with Crippen LogP contribution in [0.5, 0.6) is 0 Å². The fraction of sp³-hybridized carbons (Fsp3) is 0.636. The molecule has 4 atom stereocenters. The Hall–Kier alpha value is -4.28. The van der Waals surface area contributed by atoms with Crippen LogP contribution in [-0.4, -0.2) is 123 Å². The van der Waals surface area contributed by atoms with E-state index in [1.54, 1.807) is 0 Å². The molecule has 2 aliphatic rings. The van der Waals surface area contributed by atoms with E-state index in [0.717, 1.165) is 4.90 Å². The second kappa shape index (κ2) is 14.0. The van der Waals surface area contributed by atoms with Gasteiger partial charge in [-0.3, -0.25) is 33.6 Å². The molecule has 5 amide bonds. The van der Waals surface area contributed by atoms with Gasteiger partial charge in [0.2, 0.25) is 29.5 Å². The number of carboxylic acid groups (broad SMARTS) is 3. The Morgan fingerprint density at radius 3 is 1.67 bits per heavy atom. The Balaban J connectivity index is 2.00. The third-order valence-electron chi connectivity index (χ3n) is 6.35. The number of carbonyl (C=O) groups is 8.